The van der Waals surface area contributed by atoms with E-state index in [1.807, 2.05) is 11.6 Å². The van der Waals surface area contributed by atoms with Crippen LogP contribution in [-0.2, 0) is 6.42 Å². The Kier molecular flexibility index (Phi) is 2.85. The Hall–Kier alpha value is -1.73. The molecule has 0 fully saturated rings. The zero-order valence-corrected chi connectivity index (χ0v) is 10.8. The molecule has 0 saturated heterocycles. The molecular weight excluding hydrogens is 248 g/mol. The first-order valence-corrected chi connectivity index (χ1v) is 6.72. The molecule has 18 heavy (non-hydrogen) atoms. The van der Waals surface area contributed by atoms with Gasteiger partial charge in [0.2, 0.25) is 0 Å². The lowest BCUT2D eigenvalue weighted by Crippen LogP contribution is -2.23. The molecule has 3 heterocycles. The van der Waals surface area contributed by atoms with E-state index >= 15 is 0 Å². The summed E-state index contributed by atoms with van der Waals surface area (Å²) in [7, 11) is 0. The Morgan fingerprint density at radius 3 is 3.11 bits per heavy atom. The standard InChI is InChI=1S/C11H14N6S/c1-2-8(12)5-9-10(17-7-13-6-14-17)15-11-16(9)3-4-18-11/h3-4,6-8H,2,5,12H2,1H3. The van der Waals surface area contributed by atoms with Crippen molar-refractivity contribution in [3.05, 3.63) is 29.9 Å². The molecule has 2 N–H and O–H groups in total. The van der Waals surface area contributed by atoms with Gasteiger partial charge in [-0.05, 0) is 6.42 Å². The smallest absolute Gasteiger partial charge is 0.195 e. The van der Waals surface area contributed by atoms with E-state index in [2.05, 4.69) is 26.4 Å². The summed E-state index contributed by atoms with van der Waals surface area (Å²) in [6.45, 7) is 2.09. The molecule has 0 aliphatic rings. The number of thiazole rings is 1. The van der Waals surface area contributed by atoms with Gasteiger partial charge in [0.1, 0.15) is 12.7 Å². The quantitative estimate of drug-likeness (QED) is 0.768. The van der Waals surface area contributed by atoms with Gasteiger partial charge in [-0.3, -0.25) is 4.40 Å². The van der Waals surface area contributed by atoms with Crippen LogP contribution < -0.4 is 5.73 Å². The molecule has 0 aliphatic heterocycles. The van der Waals surface area contributed by atoms with E-state index in [4.69, 9.17) is 5.73 Å². The number of rotatable bonds is 4. The lowest BCUT2D eigenvalue weighted by Gasteiger charge is -2.09. The molecule has 3 aromatic heterocycles. The van der Waals surface area contributed by atoms with E-state index in [9.17, 15) is 0 Å². The highest BCUT2D eigenvalue weighted by atomic mass is 32.1. The van der Waals surface area contributed by atoms with Gasteiger partial charge in [-0.25, -0.2) is 9.67 Å². The van der Waals surface area contributed by atoms with Crippen LogP contribution in [0.4, 0.5) is 0 Å². The first-order chi connectivity index (χ1) is 8.79. The van der Waals surface area contributed by atoms with Crippen molar-refractivity contribution in [2.45, 2.75) is 25.8 Å². The summed E-state index contributed by atoms with van der Waals surface area (Å²) in [5, 5.41) is 6.17. The number of nitrogens with two attached hydrogens (primary N) is 1. The van der Waals surface area contributed by atoms with E-state index in [0.29, 0.717) is 0 Å². The third kappa shape index (κ3) is 1.81. The lowest BCUT2D eigenvalue weighted by atomic mass is 10.1. The van der Waals surface area contributed by atoms with Gasteiger partial charge in [-0.1, -0.05) is 6.92 Å². The van der Waals surface area contributed by atoms with Crippen LogP contribution in [0.2, 0.25) is 0 Å². The number of imidazole rings is 1. The summed E-state index contributed by atoms with van der Waals surface area (Å²) in [5.74, 6) is 0.822. The number of fused-ring (bicyclic) bond motifs is 1. The lowest BCUT2D eigenvalue weighted by molar-refractivity contribution is 0.629. The van der Waals surface area contributed by atoms with Crippen molar-refractivity contribution in [1.82, 2.24) is 24.1 Å². The summed E-state index contributed by atoms with van der Waals surface area (Å²) >= 11 is 1.60. The minimum atomic E-state index is 0.132. The molecule has 0 saturated carbocycles. The van der Waals surface area contributed by atoms with Crippen molar-refractivity contribution in [2.75, 3.05) is 0 Å². The van der Waals surface area contributed by atoms with Crippen LogP contribution >= 0.6 is 11.3 Å². The Morgan fingerprint density at radius 2 is 2.39 bits per heavy atom. The molecule has 6 nitrogen and oxygen atoms in total. The zero-order chi connectivity index (χ0) is 12.5. The van der Waals surface area contributed by atoms with E-state index in [0.717, 1.165) is 29.3 Å². The summed E-state index contributed by atoms with van der Waals surface area (Å²) in [5.41, 5.74) is 7.15. The van der Waals surface area contributed by atoms with Gasteiger partial charge in [-0.15, -0.1) is 11.3 Å². The minimum absolute atomic E-state index is 0.132. The van der Waals surface area contributed by atoms with Crippen molar-refractivity contribution in [3.63, 3.8) is 0 Å². The van der Waals surface area contributed by atoms with E-state index in [1.165, 1.54) is 6.33 Å². The van der Waals surface area contributed by atoms with E-state index in [-0.39, 0.29) is 6.04 Å². The summed E-state index contributed by atoms with van der Waals surface area (Å²) < 4.78 is 3.77. The van der Waals surface area contributed by atoms with E-state index < -0.39 is 0 Å². The maximum absolute atomic E-state index is 6.06. The van der Waals surface area contributed by atoms with Crippen molar-refractivity contribution < 1.29 is 0 Å². The monoisotopic (exact) mass is 262 g/mol. The molecule has 0 aliphatic carbocycles. The second-order valence-corrected chi connectivity index (χ2v) is 5.02. The number of nitrogens with zero attached hydrogens (tertiary/aromatic N) is 5. The predicted molar refractivity (Wildman–Crippen MR) is 70.0 cm³/mol. The first kappa shape index (κ1) is 11.4. The van der Waals surface area contributed by atoms with E-state index in [1.54, 1.807) is 22.3 Å². The average molecular weight is 262 g/mol. The summed E-state index contributed by atoms with van der Waals surface area (Å²) in [4.78, 5) is 9.51. The fraction of sp³-hybridized carbons (Fsp3) is 0.364. The predicted octanol–water partition coefficient (Wildman–Crippen LogP) is 1.26. The van der Waals surface area contributed by atoms with Gasteiger partial charge in [0.25, 0.3) is 0 Å². The van der Waals surface area contributed by atoms with Crippen LogP contribution in [-0.4, -0.2) is 30.2 Å². The second kappa shape index (κ2) is 4.51. The van der Waals surface area contributed by atoms with Crippen molar-refractivity contribution in [1.29, 1.82) is 0 Å². The zero-order valence-electron chi connectivity index (χ0n) is 10.0. The number of hydrogen-bond donors (Lipinski definition) is 1. The summed E-state index contributed by atoms with van der Waals surface area (Å²) in [6, 6.07) is 0.132. The summed E-state index contributed by atoms with van der Waals surface area (Å²) in [6.07, 6.45) is 6.91. The van der Waals surface area contributed by atoms with Gasteiger partial charge in [0.05, 0.1) is 5.69 Å². The van der Waals surface area contributed by atoms with Crippen LogP contribution in [0.1, 0.15) is 19.0 Å². The topological polar surface area (TPSA) is 74.0 Å². The van der Waals surface area contributed by atoms with Gasteiger partial charge >= 0.3 is 0 Å². The van der Waals surface area contributed by atoms with Crippen LogP contribution in [0.25, 0.3) is 10.8 Å². The highest BCUT2D eigenvalue weighted by molar-refractivity contribution is 7.15. The SMILES string of the molecule is CCC(N)Cc1c(-n2cncn2)nc2sccn12. The molecule has 0 amide bonds. The maximum Gasteiger partial charge on any atom is 0.195 e. The Labute approximate surface area is 108 Å². The molecule has 1 unspecified atom stereocenters. The average Bonchev–Trinajstić information content (AvgIpc) is 3.05. The molecule has 7 heteroatoms. The Morgan fingerprint density at radius 1 is 1.50 bits per heavy atom. The van der Waals surface area contributed by atoms with Gasteiger partial charge in [0.15, 0.2) is 10.8 Å². The van der Waals surface area contributed by atoms with Crippen LogP contribution in [0.5, 0.6) is 0 Å². The van der Waals surface area contributed by atoms with Gasteiger partial charge in [0, 0.05) is 24.0 Å². The molecule has 94 valence electrons. The molecule has 0 radical (unpaired) electrons. The Balaban J connectivity index is 2.12. The van der Waals surface area contributed by atoms with Crippen molar-refractivity contribution in [2.24, 2.45) is 5.73 Å². The van der Waals surface area contributed by atoms with Crippen LogP contribution in [0.15, 0.2) is 24.2 Å². The fourth-order valence-corrected chi connectivity index (χ4v) is 2.63. The third-order valence-corrected chi connectivity index (χ3v) is 3.71. The minimum Gasteiger partial charge on any atom is -0.327 e. The third-order valence-electron chi connectivity index (χ3n) is 2.96. The molecule has 0 bridgehead atoms. The van der Waals surface area contributed by atoms with Gasteiger partial charge < -0.3 is 5.73 Å². The number of aromatic nitrogens is 5. The highest BCUT2D eigenvalue weighted by Gasteiger charge is 2.17. The largest absolute Gasteiger partial charge is 0.327 e. The maximum atomic E-state index is 6.06. The molecule has 1 atom stereocenters. The van der Waals surface area contributed by atoms with Crippen molar-refractivity contribution >= 4 is 16.3 Å². The highest BCUT2D eigenvalue weighted by Crippen LogP contribution is 2.21. The van der Waals surface area contributed by atoms with Crippen molar-refractivity contribution in [3.8, 4) is 5.82 Å². The van der Waals surface area contributed by atoms with Crippen LogP contribution in [0, 0.1) is 0 Å². The molecule has 0 aromatic carbocycles. The normalized spacial score (nSPS) is 13.2. The molecule has 3 aromatic rings. The molecular formula is C11H14N6S. The molecule has 3 rings (SSSR count). The van der Waals surface area contributed by atoms with Crippen LogP contribution in [0.3, 0.4) is 0 Å². The first-order valence-electron chi connectivity index (χ1n) is 5.84. The van der Waals surface area contributed by atoms with Gasteiger partial charge in [-0.2, -0.15) is 10.1 Å². The number of hydrogen-bond acceptors (Lipinski definition) is 5. The second-order valence-electron chi connectivity index (χ2n) is 4.15. The Bertz CT molecular complexity index is 638. The molecule has 0 spiro atoms. The fourth-order valence-electron chi connectivity index (χ4n) is 1.90.